The predicted octanol–water partition coefficient (Wildman–Crippen LogP) is 3.49. The molecule has 4 aromatic rings. The second-order valence-corrected chi connectivity index (χ2v) is 11.7. The van der Waals surface area contributed by atoms with E-state index in [1.165, 1.54) is 29.4 Å². The highest BCUT2D eigenvalue weighted by atomic mass is 127. The summed E-state index contributed by atoms with van der Waals surface area (Å²) in [5.41, 5.74) is 1.96. The van der Waals surface area contributed by atoms with Crippen LogP contribution in [0.5, 0.6) is 12.0 Å². The van der Waals surface area contributed by atoms with Gasteiger partial charge in [0.1, 0.15) is 22.4 Å². The second-order valence-electron chi connectivity index (χ2n) is 10.2. The van der Waals surface area contributed by atoms with Gasteiger partial charge in [-0.05, 0) is 4.43 Å². The number of hydrogen-bond donors (Lipinski definition) is 1. The minimum absolute atomic E-state index is 0.143. The van der Waals surface area contributed by atoms with Crippen molar-refractivity contribution in [1.29, 1.82) is 0 Å². The van der Waals surface area contributed by atoms with Crippen LogP contribution >= 0.6 is 22.6 Å². The van der Waals surface area contributed by atoms with E-state index in [2.05, 4.69) is 64.4 Å². The molecule has 0 fully saturated rings. The Morgan fingerprint density at radius 2 is 1.32 bits per heavy atom. The van der Waals surface area contributed by atoms with Gasteiger partial charge in [0.05, 0.1) is 26.6 Å². The number of alkyl halides is 1. The fourth-order valence-electron chi connectivity index (χ4n) is 3.16. The zero-order chi connectivity index (χ0) is 28.8. The number of hydrogen-bond acceptors (Lipinski definition) is 10. The SMILES string of the molecule is CCI.COc1ncc2nc(C(C)(C)C)c(=O)[nH]c2n1.COc1ncc2nc(C(C)(C)C)c(=O)n(C)c2n1. The molecule has 0 bridgehead atoms. The van der Waals surface area contributed by atoms with Crippen LogP contribution in [0.1, 0.15) is 59.9 Å². The number of halogens is 1. The molecule has 0 radical (unpaired) electrons. The van der Waals surface area contributed by atoms with E-state index in [9.17, 15) is 9.59 Å². The molecule has 0 aliphatic rings. The summed E-state index contributed by atoms with van der Waals surface area (Å²) in [5.74, 6) is 0. The van der Waals surface area contributed by atoms with Gasteiger partial charge >= 0.3 is 12.0 Å². The van der Waals surface area contributed by atoms with E-state index in [0.717, 1.165) is 0 Å². The van der Waals surface area contributed by atoms with E-state index < -0.39 is 0 Å². The predicted molar refractivity (Wildman–Crippen MR) is 156 cm³/mol. The maximum absolute atomic E-state index is 12.2. The Labute approximate surface area is 234 Å². The third-order valence-electron chi connectivity index (χ3n) is 5.00. The van der Waals surface area contributed by atoms with Crippen LogP contribution in [0, 0.1) is 0 Å². The van der Waals surface area contributed by atoms with Crippen molar-refractivity contribution in [3.63, 3.8) is 0 Å². The Morgan fingerprint density at radius 1 is 0.842 bits per heavy atom. The Kier molecular flexibility index (Phi) is 10.2. The fraction of sp³-hybridized carbons (Fsp3) is 0.520. The highest BCUT2D eigenvalue weighted by Crippen LogP contribution is 2.19. The number of aromatic nitrogens is 8. The van der Waals surface area contributed by atoms with Gasteiger partial charge in [-0.3, -0.25) is 14.2 Å². The lowest BCUT2D eigenvalue weighted by Gasteiger charge is -2.18. The standard InChI is InChI=1S/C12H16N4O2.C11H14N4O2.C2H5I/c1-12(2,3)8-10(17)16(4)9-7(14-8)6-13-11(15-9)18-5;1-11(2,3)7-9(16)14-8-6(13-7)5-12-10(15-8)17-4;1-2-3/h6H,1-5H3;5H,1-4H3,(H,12,14,15,16);2H2,1H3. The van der Waals surface area contributed by atoms with Crippen molar-refractivity contribution in [2.45, 2.75) is 59.3 Å². The van der Waals surface area contributed by atoms with Gasteiger partial charge in [-0.2, -0.15) is 9.97 Å². The average molecular weight is 639 g/mol. The number of H-pyrrole nitrogens is 1. The summed E-state index contributed by atoms with van der Waals surface area (Å²) in [6.45, 7) is 13.8. The number of nitrogens with zero attached hydrogens (tertiary/aromatic N) is 7. The number of ether oxygens (including phenoxy) is 2. The first kappa shape index (κ1) is 31.0. The summed E-state index contributed by atoms with van der Waals surface area (Å²) in [4.78, 5) is 51.6. The maximum Gasteiger partial charge on any atom is 0.318 e. The Morgan fingerprint density at radius 3 is 1.82 bits per heavy atom. The van der Waals surface area contributed by atoms with Gasteiger partial charge in [0, 0.05) is 17.9 Å². The summed E-state index contributed by atoms with van der Waals surface area (Å²) in [6.07, 6.45) is 3.10. The molecule has 0 saturated carbocycles. The Balaban J connectivity index is 0.000000242. The summed E-state index contributed by atoms with van der Waals surface area (Å²) in [5, 5.41) is 0. The summed E-state index contributed by atoms with van der Waals surface area (Å²) in [6, 6.07) is 0.432. The van der Waals surface area contributed by atoms with Crippen LogP contribution in [-0.4, -0.2) is 58.1 Å². The van der Waals surface area contributed by atoms with Crippen molar-refractivity contribution >= 4 is 44.9 Å². The van der Waals surface area contributed by atoms with Crippen molar-refractivity contribution in [3.8, 4) is 12.0 Å². The summed E-state index contributed by atoms with van der Waals surface area (Å²) in [7, 11) is 4.63. The molecule has 206 valence electrons. The normalized spacial score (nSPS) is 11.3. The van der Waals surface area contributed by atoms with E-state index in [-0.39, 0.29) is 34.0 Å². The quantitative estimate of drug-likeness (QED) is 0.255. The zero-order valence-electron chi connectivity index (χ0n) is 23.5. The lowest BCUT2D eigenvalue weighted by atomic mass is 9.92. The van der Waals surface area contributed by atoms with Crippen molar-refractivity contribution in [1.82, 2.24) is 39.5 Å². The molecule has 1 N–H and O–H groups in total. The fourth-order valence-corrected chi connectivity index (χ4v) is 3.16. The van der Waals surface area contributed by atoms with Crippen molar-refractivity contribution in [3.05, 3.63) is 44.5 Å². The number of rotatable bonds is 2. The van der Waals surface area contributed by atoms with Crippen LogP contribution in [-0.2, 0) is 17.9 Å². The van der Waals surface area contributed by atoms with Crippen molar-refractivity contribution in [2.24, 2.45) is 7.05 Å². The first-order valence-corrected chi connectivity index (χ1v) is 13.4. The number of aryl methyl sites for hydroxylation is 1. The third-order valence-corrected chi connectivity index (χ3v) is 5.00. The van der Waals surface area contributed by atoms with Crippen LogP contribution in [0.3, 0.4) is 0 Å². The van der Waals surface area contributed by atoms with Crippen LogP contribution in [0.4, 0.5) is 0 Å². The molecule has 0 atom stereocenters. The third kappa shape index (κ3) is 7.42. The van der Waals surface area contributed by atoms with E-state index in [0.29, 0.717) is 33.7 Å². The molecule has 0 saturated heterocycles. The molecule has 0 spiro atoms. The first-order valence-electron chi connectivity index (χ1n) is 11.8. The molecule has 4 rings (SSSR count). The van der Waals surface area contributed by atoms with Gasteiger partial charge in [0.25, 0.3) is 11.1 Å². The van der Waals surface area contributed by atoms with E-state index in [1.807, 2.05) is 41.5 Å². The molecular weight excluding hydrogens is 603 g/mol. The molecule has 38 heavy (non-hydrogen) atoms. The Hall–Kier alpha value is -3.23. The van der Waals surface area contributed by atoms with Crippen LogP contribution in [0.2, 0.25) is 0 Å². The van der Waals surface area contributed by atoms with E-state index in [1.54, 1.807) is 13.2 Å². The smallest absolute Gasteiger partial charge is 0.318 e. The van der Waals surface area contributed by atoms with Crippen LogP contribution < -0.4 is 20.6 Å². The molecule has 4 aromatic heterocycles. The van der Waals surface area contributed by atoms with Crippen molar-refractivity contribution < 1.29 is 9.47 Å². The van der Waals surface area contributed by atoms with Crippen LogP contribution in [0.25, 0.3) is 22.3 Å². The van der Waals surface area contributed by atoms with Gasteiger partial charge in [-0.25, -0.2) is 19.9 Å². The summed E-state index contributed by atoms with van der Waals surface area (Å²) >= 11 is 2.29. The topological polar surface area (TPSA) is 151 Å². The molecule has 4 heterocycles. The summed E-state index contributed by atoms with van der Waals surface area (Å²) < 4.78 is 12.5. The van der Waals surface area contributed by atoms with E-state index >= 15 is 0 Å². The largest absolute Gasteiger partial charge is 0.467 e. The van der Waals surface area contributed by atoms with Gasteiger partial charge in [-0.15, -0.1) is 0 Å². The lowest BCUT2D eigenvalue weighted by molar-refractivity contribution is 0.381. The highest BCUT2D eigenvalue weighted by Gasteiger charge is 2.23. The van der Waals surface area contributed by atoms with Crippen molar-refractivity contribution in [2.75, 3.05) is 18.6 Å². The number of methoxy groups -OCH3 is 2. The van der Waals surface area contributed by atoms with Crippen LogP contribution in [0.15, 0.2) is 22.0 Å². The van der Waals surface area contributed by atoms with Gasteiger partial charge in [0.15, 0.2) is 11.3 Å². The molecule has 0 aliphatic carbocycles. The van der Waals surface area contributed by atoms with Gasteiger partial charge < -0.3 is 14.5 Å². The number of aromatic amines is 1. The average Bonchev–Trinajstić information content (AvgIpc) is 2.84. The molecule has 13 heteroatoms. The molecule has 0 aliphatic heterocycles. The van der Waals surface area contributed by atoms with Gasteiger partial charge in [0.2, 0.25) is 0 Å². The molecule has 0 unspecified atom stereocenters. The number of nitrogens with one attached hydrogen (secondary N) is 1. The second kappa shape index (κ2) is 12.5. The highest BCUT2D eigenvalue weighted by molar-refractivity contribution is 14.1. The molecular formula is C25H35IN8O4. The zero-order valence-corrected chi connectivity index (χ0v) is 25.7. The molecule has 0 aromatic carbocycles. The maximum atomic E-state index is 12.2. The minimum atomic E-state index is -0.318. The lowest BCUT2D eigenvalue weighted by Crippen LogP contribution is -2.31. The molecule has 0 amide bonds. The van der Waals surface area contributed by atoms with Gasteiger partial charge in [-0.1, -0.05) is 71.1 Å². The first-order chi connectivity index (χ1) is 17.7. The monoisotopic (exact) mass is 638 g/mol. The molecule has 12 nitrogen and oxygen atoms in total. The minimum Gasteiger partial charge on any atom is -0.467 e. The Bertz CT molecular complexity index is 1520. The number of fused-ring (bicyclic) bond motifs is 2. The van der Waals surface area contributed by atoms with E-state index in [4.69, 9.17) is 9.47 Å².